The number of benzene rings is 2. The minimum atomic E-state index is -3.47. The first-order chi connectivity index (χ1) is 13.4. The van der Waals surface area contributed by atoms with E-state index >= 15 is 0 Å². The highest BCUT2D eigenvalue weighted by molar-refractivity contribution is 7.89. The maximum atomic E-state index is 12.7. The molecule has 0 spiro atoms. The molecule has 0 atom stereocenters. The normalized spacial score (nSPS) is 16.2. The van der Waals surface area contributed by atoms with Crippen LogP contribution in [0.1, 0.15) is 25.3 Å². The highest BCUT2D eigenvalue weighted by Gasteiger charge is 2.28. The van der Waals surface area contributed by atoms with Crippen LogP contribution in [0.3, 0.4) is 0 Å². The van der Waals surface area contributed by atoms with E-state index in [1.807, 2.05) is 29.2 Å². The third kappa shape index (κ3) is 4.98. The second-order valence-corrected chi connectivity index (χ2v) is 9.26. The zero-order valence-electron chi connectivity index (χ0n) is 16.3. The standard InChI is InChI=1S/C21H27N3O3S/c1-17(2)18-7-6-8-19(15-18)22-21(25)16-23-11-13-24(14-12-23)28(26,27)20-9-4-3-5-10-20/h3-10,15,17H,11-14,16H2,1-2H3,(H,22,25). The molecule has 6 nitrogen and oxygen atoms in total. The van der Waals surface area contributed by atoms with Gasteiger partial charge in [-0.05, 0) is 35.7 Å². The monoisotopic (exact) mass is 401 g/mol. The molecule has 0 bridgehead atoms. The summed E-state index contributed by atoms with van der Waals surface area (Å²) in [5, 5.41) is 2.94. The maximum absolute atomic E-state index is 12.7. The van der Waals surface area contributed by atoms with Gasteiger partial charge in [0.25, 0.3) is 0 Å². The molecule has 1 amide bonds. The lowest BCUT2D eigenvalue weighted by Crippen LogP contribution is -2.50. The maximum Gasteiger partial charge on any atom is 0.243 e. The van der Waals surface area contributed by atoms with Crippen LogP contribution in [0.15, 0.2) is 59.5 Å². The number of hydrogen-bond donors (Lipinski definition) is 1. The van der Waals surface area contributed by atoms with Crippen molar-refractivity contribution in [3.8, 4) is 0 Å². The van der Waals surface area contributed by atoms with E-state index in [0.29, 0.717) is 37.0 Å². The Bertz CT molecular complexity index is 906. The fourth-order valence-corrected chi connectivity index (χ4v) is 4.69. The first kappa shape index (κ1) is 20.5. The van der Waals surface area contributed by atoms with Crippen LogP contribution in [0.25, 0.3) is 0 Å². The van der Waals surface area contributed by atoms with Crippen molar-refractivity contribution < 1.29 is 13.2 Å². The van der Waals surface area contributed by atoms with E-state index in [9.17, 15) is 13.2 Å². The smallest absolute Gasteiger partial charge is 0.243 e. The Labute approximate surface area is 167 Å². The van der Waals surface area contributed by atoms with Crippen molar-refractivity contribution in [2.75, 3.05) is 38.0 Å². The lowest BCUT2D eigenvalue weighted by atomic mass is 10.0. The van der Waals surface area contributed by atoms with Gasteiger partial charge in [0.1, 0.15) is 0 Å². The quantitative estimate of drug-likeness (QED) is 0.808. The Morgan fingerprint density at radius 3 is 2.32 bits per heavy atom. The molecule has 28 heavy (non-hydrogen) atoms. The number of rotatable bonds is 6. The third-order valence-corrected chi connectivity index (χ3v) is 6.83. The number of amides is 1. The number of nitrogens with zero attached hydrogens (tertiary/aromatic N) is 2. The summed E-state index contributed by atoms with van der Waals surface area (Å²) in [7, 11) is -3.47. The molecule has 1 N–H and O–H groups in total. The van der Waals surface area contributed by atoms with Gasteiger partial charge in [-0.25, -0.2) is 8.42 Å². The molecule has 1 fully saturated rings. The number of nitrogens with one attached hydrogen (secondary N) is 1. The molecule has 1 saturated heterocycles. The van der Waals surface area contributed by atoms with E-state index in [4.69, 9.17) is 0 Å². The number of piperazine rings is 1. The molecule has 0 aromatic heterocycles. The first-order valence-corrected chi connectivity index (χ1v) is 11.0. The van der Waals surface area contributed by atoms with Crippen molar-refractivity contribution in [3.05, 3.63) is 60.2 Å². The summed E-state index contributed by atoms with van der Waals surface area (Å²) in [4.78, 5) is 14.7. The van der Waals surface area contributed by atoms with Gasteiger partial charge in [0.15, 0.2) is 0 Å². The Morgan fingerprint density at radius 1 is 1.00 bits per heavy atom. The van der Waals surface area contributed by atoms with Crippen LogP contribution in [0.2, 0.25) is 0 Å². The van der Waals surface area contributed by atoms with E-state index in [-0.39, 0.29) is 12.5 Å². The summed E-state index contributed by atoms with van der Waals surface area (Å²) in [6, 6.07) is 16.3. The Balaban J connectivity index is 1.53. The molecule has 0 unspecified atom stereocenters. The molecule has 0 saturated carbocycles. The Kier molecular flexibility index (Phi) is 6.49. The topological polar surface area (TPSA) is 69.7 Å². The zero-order valence-corrected chi connectivity index (χ0v) is 17.2. The van der Waals surface area contributed by atoms with Gasteiger partial charge in [-0.15, -0.1) is 0 Å². The lowest BCUT2D eigenvalue weighted by molar-refractivity contribution is -0.117. The van der Waals surface area contributed by atoms with Gasteiger partial charge in [-0.3, -0.25) is 9.69 Å². The van der Waals surface area contributed by atoms with Gasteiger partial charge in [-0.2, -0.15) is 4.31 Å². The van der Waals surface area contributed by atoms with Crippen molar-refractivity contribution in [1.29, 1.82) is 0 Å². The SMILES string of the molecule is CC(C)c1cccc(NC(=O)CN2CCN(S(=O)(=O)c3ccccc3)CC2)c1. The van der Waals surface area contributed by atoms with Gasteiger partial charge in [0.05, 0.1) is 11.4 Å². The predicted octanol–water partition coefficient (Wildman–Crippen LogP) is 2.76. The fourth-order valence-electron chi connectivity index (χ4n) is 3.25. The van der Waals surface area contributed by atoms with Crippen LogP contribution in [0, 0.1) is 0 Å². The third-order valence-electron chi connectivity index (χ3n) is 4.92. The van der Waals surface area contributed by atoms with Gasteiger partial charge in [-0.1, -0.05) is 44.2 Å². The van der Waals surface area contributed by atoms with Gasteiger partial charge in [0.2, 0.25) is 15.9 Å². The van der Waals surface area contributed by atoms with Crippen LogP contribution < -0.4 is 5.32 Å². The van der Waals surface area contributed by atoms with Gasteiger partial charge >= 0.3 is 0 Å². The van der Waals surface area contributed by atoms with E-state index in [1.54, 1.807) is 30.3 Å². The highest BCUT2D eigenvalue weighted by atomic mass is 32.2. The number of sulfonamides is 1. The molecular formula is C21H27N3O3S. The molecule has 1 heterocycles. The molecule has 3 rings (SSSR count). The second kappa shape index (κ2) is 8.86. The van der Waals surface area contributed by atoms with E-state index < -0.39 is 10.0 Å². The average Bonchev–Trinajstić information content (AvgIpc) is 2.69. The van der Waals surface area contributed by atoms with Gasteiger partial charge < -0.3 is 5.32 Å². The average molecular weight is 402 g/mol. The number of carbonyl (C=O) groups is 1. The Hall–Kier alpha value is -2.22. The molecule has 150 valence electrons. The molecule has 0 aliphatic carbocycles. The molecule has 1 aliphatic heterocycles. The summed E-state index contributed by atoms with van der Waals surface area (Å²) < 4.78 is 26.8. The summed E-state index contributed by atoms with van der Waals surface area (Å²) in [6.07, 6.45) is 0. The van der Waals surface area contributed by atoms with Crippen molar-refractivity contribution in [2.45, 2.75) is 24.7 Å². The van der Waals surface area contributed by atoms with Gasteiger partial charge in [0, 0.05) is 31.9 Å². The summed E-state index contributed by atoms with van der Waals surface area (Å²) in [5.74, 6) is 0.316. The van der Waals surface area contributed by atoms with Crippen LogP contribution >= 0.6 is 0 Å². The minimum Gasteiger partial charge on any atom is -0.325 e. The number of hydrogen-bond acceptors (Lipinski definition) is 4. The number of carbonyl (C=O) groups excluding carboxylic acids is 1. The fraction of sp³-hybridized carbons (Fsp3) is 0.381. The van der Waals surface area contributed by atoms with Crippen LogP contribution in [-0.2, 0) is 14.8 Å². The van der Waals surface area contributed by atoms with Crippen LogP contribution in [-0.4, -0.2) is 56.3 Å². The van der Waals surface area contributed by atoms with E-state index in [1.165, 1.54) is 9.87 Å². The lowest BCUT2D eigenvalue weighted by Gasteiger charge is -2.33. The summed E-state index contributed by atoms with van der Waals surface area (Å²) >= 11 is 0. The van der Waals surface area contributed by atoms with E-state index in [0.717, 1.165) is 5.69 Å². The molecular weight excluding hydrogens is 374 g/mol. The van der Waals surface area contributed by atoms with Crippen LogP contribution in [0.4, 0.5) is 5.69 Å². The molecule has 7 heteroatoms. The predicted molar refractivity (Wildman–Crippen MR) is 111 cm³/mol. The van der Waals surface area contributed by atoms with E-state index in [2.05, 4.69) is 19.2 Å². The van der Waals surface area contributed by atoms with Crippen molar-refractivity contribution in [3.63, 3.8) is 0 Å². The first-order valence-electron chi connectivity index (χ1n) is 9.53. The largest absolute Gasteiger partial charge is 0.325 e. The Morgan fingerprint density at radius 2 is 1.68 bits per heavy atom. The highest BCUT2D eigenvalue weighted by Crippen LogP contribution is 2.19. The molecule has 2 aromatic rings. The van der Waals surface area contributed by atoms with Crippen LogP contribution in [0.5, 0.6) is 0 Å². The van der Waals surface area contributed by atoms with Crippen molar-refractivity contribution in [2.24, 2.45) is 0 Å². The summed E-state index contributed by atoms with van der Waals surface area (Å²) in [6.45, 7) is 6.32. The molecule has 2 aromatic carbocycles. The second-order valence-electron chi connectivity index (χ2n) is 7.32. The number of anilines is 1. The van der Waals surface area contributed by atoms with Crippen molar-refractivity contribution in [1.82, 2.24) is 9.21 Å². The minimum absolute atomic E-state index is 0.0831. The molecule has 0 radical (unpaired) electrons. The summed E-state index contributed by atoms with van der Waals surface area (Å²) in [5.41, 5.74) is 1.97. The van der Waals surface area contributed by atoms with Crippen molar-refractivity contribution >= 4 is 21.6 Å². The molecule has 1 aliphatic rings. The zero-order chi connectivity index (χ0) is 20.1.